The van der Waals surface area contributed by atoms with Crippen LogP contribution < -0.4 is 5.73 Å². The van der Waals surface area contributed by atoms with E-state index in [4.69, 9.17) is 15.2 Å². The zero-order valence-corrected chi connectivity index (χ0v) is 10.4. The van der Waals surface area contributed by atoms with Gasteiger partial charge in [-0.25, -0.2) is 4.79 Å². The minimum atomic E-state index is -0.373. The molecule has 94 valence electrons. The second-order valence-corrected chi connectivity index (χ2v) is 3.78. The van der Waals surface area contributed by atoms with Gasteiger partial charge in [0.2, 0.25) is 0 Å². The molecular weight excluding hydrogens is 218 g/mol. The molecular formula is C13H19NO3. The van der Waals surface area contributed by atoms with Gasteiger partial charge in [0.25, 0.3) is 0 Å². The van der Waals surface area contributed by atoms with Crippen LogP contribution >= 0.6 is 0 Å². The quantitative estimate of drug-likeness (QED) is 0.468. The van der Waals surface area contributed by atoms with Crippen molar-refractivity contribution in [3.8, 4) is 0 Å². The number of rotatable bonds is 6. The highest BCUT2D eigenvalue weighted by Gasteiger charge is 2.10. The Kier molecular flexibility index (Phi) is 5.49. The Bertz CT molecular complexity index is 377. The van der Waals surface area contributed by atoms with Crippen LogP contribution in [0.5, 0.6) is 0 Å². The first-order chi connectivity index (χ1) is 8.15. The normalized spacial score (nSPS) is 10.2. The molecule has 0 atom stereocenters. The summed E-state index contributed by atoms with van der Waals surface area (Å²) in [4.78, 5) is 11.7. The minimum Gasteiger partial charge on any atom is -0.462 e. The summed E-state index contributed by atoms with van der Waals surface area (Å²) in [5, 5.41) is 0. The molecule has 0 amide bonds. The average molecular weight is 237 g/mol. The van der Waals surface area contributed by atoms with Gasteiger partial charge < -0.3 is 15.2 Å². The van der Waals surface area contributed by atoms with Crippen molar-refractivity contribution in [3.05, 3.63) is 29.3 Å². The maximum absolute atomic E-state index is 11.7. The maximum atomic E-state index is 11.7. The number of hydrogen-bond donors (Lipinski definition) is 1. The summed E-state index contributed by atoms with van der Waals surface area (Å²) in [6, 6.07) is 5.31. The Morgan fingerprint density at radius 3 is 2.82 bits per heavy atom. The first-order valence-corrected chi connectivity index (χ1v) is 5.76. The fourth-order valence-electron chi connectivity index (χ4n) is 1.39. The molecule has 4 heteroatoms. The van der Waals surface area contributed by atoms with Crippen molar-refractivity contribution in [3.63, 3.8) is 0 Å². The largest absolute Gasteiger partial charge is 0.462 e. The lowest BCUT2D eigenvalue weighted by atomic mass is 10.1. The molecule has 0 fully saturated rings. The number of aryl methyl sites for hydroxylation is 1. The lowest BCUT2D eigenvalue weighted by molar-refractivity contribution is 0.0453. The third-order valence-corrected chi connectivity index (χ3v) is 2.30. The van der Waals surface area contributed by atoms with E-state index < -0.39 is 0 Å². The summed E-state index contributed by atoms with van der Waals surface area (Å²) in [5.41, 5.74) is 7.58. The zero-order valence-electron chi connectivity index (χ0n) is 10.4. The molecule has 0 saturated heterocycles. The first-order valence-electron chi connectivity index (χ1n) is 5.76. The number of hydrogen-bond acceptors (Lipinski definition) is 4. The molecule has 1 aromatic rings. The van der Waals surface area contributed by atoms with Gasteiger partial charge in [0, 0.05) is 25.3 Å². The van der Waals surface area contributed by atoms with Gasteiger partial charge in [-0.1, -0.05) is 11.6 Å². The van der Waals surface area contributed by atoms with Crippen LogP contribution in [0.2, 0.25) is 0 Å². The number of ether oxygens (including phenoxy) is 2. The molecule has 4 nitrogen and oxygen atoms in total. The third-order valence-electron chi connectivity index (χ3n) is 2.30. The second kappa shape index (κ2) is 6.91. The minimum absolute atomic E-state index is 0.353. The van der Waals surface area contributed by atoms with Crippen molar-refractivity contribution in [2.45, 2.75) is 20.3 Å². The Labute approximate surface area is 102 Å². The van der Waals surface area contributed by atoms with E-state index in [0.717, 1.165) is 5.56 Å². The highest BCUT2D eigenvalue weighted by molar-refractivity contribution is 5.95. The Hall–Kier alpha value is -1.55. The monoisotopic (exact) mass is 237 g/mol. The number of carbonyl (C=O) groups excluding carboxylic acids is 1. The molecule has 0 aliphatic carbocycles. The van der Waals surface area contributed by atoms with Gasteiger partial charge in [-0.2, -0.15) is 0 Å². The molecule has 0 aliphatic heterocycles. The van der Waals surface area contributed by atoms with E-state index in [1.54, 1.807) is 12.1 Å². The van der Waals surface area contributed by atoms with E-state index in [0.29, 0.717) is 37.5 Å². The molecule has 1 aromatic carbocycles. The van der Waals surface area contributed by atoms with Gasteiger partial charge in [-0.05, 0) is 26.0 Å². The van der Waals surface area contributed by atoms with Crippen molar-refractivity contribution in [1.82, 2.24) is 0 Å². The Balaban J connectivity index is 2.44. The van der Waals surface area contributed by atoms with E-state index in [9.17, 15) is 4.79 Å². The third kappa shape index (κ3) is 4.44. The summed E-state index contributed by atoms with van der Waals surface area (Å²) in [5.74, 6) is -0.373. The highest BCUT2D eigenvalue weighted by Crippen LogP contribution is 2.14. The zero-order chi connectivity index (χ0) is 12.7. The molecule has 2 N–H and O–H groups in total. The maximum Gasteiger partial charge on any atom is 0.340 e. The van der Waals surface area contributed by atoms with Crippen LogP contribution in [0.4, 0.5) is 5.69 Å². The van der Waals surface area contributed by atoms with Crippen LogP contribution in [0.1, 0.15) is 29.3 Å². The molecule has 0 unspecified atom stereocenters. The van der Waals surface area contributed by atoms with Crippen LogP contribution in [0.3, 0.4) is 0 Å². The highest BCUT2D eigenvalue weighted by atomic mass is 16.5. The van der Waals surface area contributed by atoms with E-state index >= 15 is 0 Å². The summed E-state index contributed by atoms with van der Waals surface area (Å²) in [7, 11) is 0. The molecule has 17 heavy (non-hydrogen) atoms. The predicted octanol–water partition coefficient (Wildman–Crippen LogP) is 2.16. The van der Waals surface area contributed by atoms with Crippen LogP contribution in [0.15, 0.2) is 18.2 Å². The van der Waals surface area contributed by atoms with Crippen molar-refractivity contribution >= 4 is 11.7 Å². The lowest BCUT2D eigenvalue weighted by Crippen LogP contribution is -2.10. The lowest BCUT2D eigenvalue weighted by Gasteiger charge is -2.07. The molecule has 1 rings (SSSR count). The van der Waals surface area contributed by atoms with Crippen LogP contribution in [0, 0.1) is 6.92 Å². The molecule has 0 aliphatic rings. The van der Waals surface area contributed by atoms with E-state index in [1.807, 2.05) is 19.9 Å². The van der Waals surface area contributed by atoms with Crippen LogP contribution in [-0.2, 0) is 9.47 Å². The van der Waals surface area contributed by atoms with Gasteiger partial charge in [0.15, 0.2) is 0 Å². The van der Waals surface area contributed by atoms with Gasteiger partial charge in [0.05, 0.1) is 12.2 Å². The number of carbonyl (C=O) groups is 1. The SMILES string of the molecule is CCOCCCOC(=O)c1cc(C)ccc1N. The fraction of sp³-hybridized carbons (Fsp3) is 0.462. The molecule has 0 heterocycles. The smallest absolute Gasteiger partial charge is 0.340 e. The van der Waals surface area contributed by atoms with Crippen molar-refractivity contribution in [2.75, 3.05) is 25.6 Å². The topological polar surface area (TPSA) is 61.5 Å². The van der Waals surface area contributed by atoms with Gasteiger partial charge in [0.1, 0.15) is 0 Å². The van der Waals surface area contributed by atoms with Gasteiger partial charge in [-0.15, -0.1) is 0 Å². The standard InChI is InChI=1S/C13H19NO3/c1-3-16-7-4-8-17-13(15)11-9-10(2)5-6-12(11)14/h5-6,9H,3-4,7-8,14H2,1-2H3. The summed E-state index contributed by atoms with van der Waals surface area (Å²) in [6.07, 6.45) is 0.700. The Morgan fingerprint density at radius 2 is 2.12 bits per heavy atom. The van der Waals surface area contributed by atoms with Gasteiger partial charge in [-0.3, -0.25) is 0 Å². The number of esters is 1. The number of nitrogens with two attached hydrogens (primary N) is 1. The number of benzene rings is 1. The summed E-state index contributed by atoms with van der Waals surface area (Å²) >= 11 is 0. The van der Waals surface area contributed by atoms with Gasteiger partial charge >= 0.3 is 5.97 Å². The average Bonchev–Trinajstić information content (AvgIpc) is 2.32. The molecule has 0 radical (unpaired) electrons. The molecule has 0 saturated carbocycles. The fourth-order valence-corrected chi connectivity index (χ4v) is 1.39. The van der Waals surface area contributed by atoms with Crippen molar-refractivity contribution in [1.29, 1.82) is 0 Å². The molecule has 0 spiro atoms. The Morgan fingerprint density at radius 1 is 1.35 bits per heavy atom. The first kappa shape index (κ1) is 13.5. The molecule has 0 bridgehead atoms. The van der Waals surface area contributed by atoms with E-state index in [2.05, 4.69) is 0 Å². The number of anilines is 1. The van der Waals surface area contributed by atoms with Crippen molar-refractivity contribution < 1.29 is 14.3 Å². The van der Waals surface area contributed by atoms with E-state index in [-0.39, 0.29) is 5.97 Å². The van der Waals surface area contributed by atoms with E-state index in [1.165, 1.54) is 0 Å². The predicted molar refractivity (Wildman–Crippen MR) is 67.0 cm³/mol. The van der Waals surface area contributed by atoms with Crippen LogP contribution in [-0.4, -0.2) is 25.8 Å². The van der Waals surface area contributed by atoms with Crippen LogP contribution in [0.25, 0.3) is 0 Å². The summed E-state index contributed by atoms with van der Waals surface area (Å²) in [6.45, 7) is 5.48. The summed E-state index contributed by atoms with van der Waals surface area (Å²) < 4.78 is 10.3. The molecule has 0 aromatic heterocycles. The number of nitrogen functional groups attached to an aromatic ring is 1. The second-order valence-electron chi connectivity index (χ2n) is 3.78. The van der Waals surface area contributed by atoms with Crippen molar-refractivity contribution in [2.24, 2.45) is 0 Å².